The number of aromatic nitrogens is 1. The van der Waals surface area contributed by atoms with Gasteiger partial charge in [0.1, 0.15) is 0 Å². The molecule has 0 aliphatic heterocycles. The summed E-state index contributed by atoms with van der Waals surface area (Å²) in [6.45, 7) is 4.34. The average molecular weight is 391 g/mol. The van der Waals surface area contributed by atoms with E-state index in [1.54, 1.807) is 6.08 Å². The van der Waals surface area contributed by atoms with Gasteiger partial charge in [0.05, 0.1) is 6.10 Å². The predicted molar refractivity (Wildman–Crippen MR) is 120 cm³/mol. The van der Waals surface area contributed by atoms with Crippen LogP contribution in [0.1, 0.15) is 35.7 Å². The first kappa shape index (κ1) is 21.0. The highest BCUT2D eigenvalue weighted by Crippen LogP contribution is 2.23. The molecule has 0 radical (unpaired) electrons. The van der Waals surface area contributed by atoms with Gasteiger partial charge >= 0.3 is 0 Å². The molecule has 152 valence electrons. The minimum absolute atomic E-state index is 0.0139. The first-order chi connectivity index (χ1) is 14.1. The number of carbonyl (C=O) groups is 1. The molecule has 1 unspecified atom stereocenters. The summed E-state index contributed by atoms with van der Waals surface area (Å²) in [6, 6.07) is 17.4. The van der Waals surface area contributed by atoms with E-state index in [0.717, 1.165) is 35.9 Å². The Labute approximate surface area is 173 Å². The van der Waals surface area contributed by atoms with Crippen LogP contribution in [0.5, 0.6) is 0 Å². The van der Waals surface area contributed by atoms with Crippen molar-refractivity contribution < 1.29 is 9.90 Å². The normalized spacial score (nSPS) is 12.8. The number of para-hydroxylation sites is 1. The lowest BCUT2D eigenvalue weighted by Crippen LogP contribution is -2.32. The van der Waals surface area contributed by atoms with Crippen molar-refractivity contribution in [1.82, 2.24) is 9.47 Å². The van der Waals surface area contributed by atoms with Crippen molar-refractivity contribution in [2.45, 2.75) is 32.4 Å². The van der Waals surface area contributed by atoms with Crippen LogP contribution in [-0.2, 0) is 6.54 Å². The highest BCUT2D eigenvalue weighted by atomic mass is 16.3. The van der Waals surface area contributed by atoms with Crippen molar-refractivity contribution in [3.8, 4) is 0 Å². The molecule has 4 nitrogen and oxygen atoms in total. The Morgan fingerprint density at radius 3 is 2.62 bits per heavy atom. The van der Waals surface area contributed by atoms with Crippen LogP contribution in [0.3, 0.4) is 0 Å². The lowest BCUT2D eigenvalue weighted by molar-refractivity contribution is 0.104. The highest BCUT2D eigenvalue weighted by Gasteiger charge is 2.12. The molecule has 1 N–H and O–H groups in total. The second-order valence-corrected chi connectivity index (χ2v) is 7.59. The zero-order valence-electron chi connectivity index (χ0n) is 17.3. The van der Waals surface area contributed by atoms with Gasteiger partial charge in [0.25, 0.3) is 0 Å². The maximum absolute atomic E-state index is 12.4. The molecule has 0 fully saturated rings. The molecule has 1 atom stereocenters. The Balaban J connectivity index is 1.76. The van der Waals surface area contributed by atoms with Gasteiger partial charge in [-0.2, -0.15) is 0 Å². The molecule has 2 aromatic carbocycles. The molecule has 0 bridgehead atoms. The molecule has 0 saturated carbocycles. The van der Waals surface area contributed by atoms with Gasteiger partial charge in [-0.3, -0.25) is 4.79 Å². The summed E-state index contributed by atoms with van der Waals surface area (Å²) in [5.41, 5.74) is 2.73. The Kier molecular flexibility index (Phi) is 7.39. The number of allylic oxidation sites excluding steroid dienone is 1. The zero-order chi connectivity index (χ0) is 20.6. The molecule has 1 heterocycles. The van der Waals surface area contributed by atoms with E-state index in [2.05, 4.69) is 35.6 Å². The third-order valence-electron chi connectivity index (χ3n) is 5.12. The fourth-order valence-electron chi connectivity index (χ4n) is 3.59. The van der Waals surface area contributed by atoms with E-state index in [9.17, 15) is 9.90 Å². The van der Waals surface area contributed by atoms with Gasteiger partial charge in [0.2, 0.25) is 0 Å². The second-order valence-electron chi connectivity index (χ2n) is 7.59. The number of likely N-dealkylation sites (N-methyl/N-ethyl adjacent to an activating group) is 1. The quantitative estimate of drug-likeness (QED) is 0.405. The van der Waals surface area contributed by atoms with E-state index >= 15 is 0 Å². The molecular formula is C25H30N2O2. The fraction of sp³-hybridized carbons (Fsp3) is 0.320. The maximum Gasteiger partial charge on any atom is 0.185 e. The van der Waals surface area contributed by atoms with Crippen molar-refractivity contribution in [3.63, 3.8) is 0 Å². The van der Waals surface area contributed by atoms with Crippen LogP contribution < -0.4 is 0 Å². The summed E-state index contributed by atoms with van der Waals surface area (Å²) in [6.07, 6.45) is 7.36. The third-order valence-corrected chi connectivity index (χ3v) is 5.12. The second kappa shape index (κ2) is 10.2. The summed E-state index contributed by atoms with van der Waals surface area (Å²) < 4.78 is 2.08. The third kappa shape index (κ3) is 5.66. The lowest BCUT2D eigenvalue weighted by Gasteiger charge is -2.21. The number of fused-ring (bicyclic) bond motifs is 1. The van der Waals surface area contributed by atoms with Gasteiger partial charge < -0.3 is 14.6 Å². The Hall–Kier alpha value is -2.69. The molecule has 29 heavy (non-hydrogen) atoms. The van der Waals surface area contributed by atoms with Crippen molar-refractivity contribution in [2.75, 3.05) is 20.1 Å². The number of benzene rings is 2. The molecular weight excluding hydrogens is 360 g/mol. The molecule has 3 aromatic rings. The number of ketones is 1. The molecule has 4 heteroatoms. The van der Waals surface area contributed by atoms with E-state index in [1.807, 2.05) is 54.7 Å². The first-order valence-corrected chi connectivity index (χ1v) is 10.3. The Morgan fingerprint density at radius 1 is 1.14 bits per heavy atom. The van der Waals surface area contributed by atoms with Gasteiger partial charge in [-0.1, -0.05) is 61.9 Å². The number of hydrogen-bond acceptors (Lipinski definition) is 3. The van der Waals surface area contributed by atoms with E-state index in [-0.39, 0.29) is 5.78 Å². The summed E-state index contributed by atoms with van der Waals surface area (Å²) in [5, 5.41) is 11.7. The van der Waals surface area contributed by atoms with Crippen LogP contribution in [0.25, 0.3) is 17.0 Å². The van der Waals surface area contributed by atoms with Crippen molar-refractivity contribution in [1.29, 1.82) is 0 Å². The number of hydrogen-bond donors (Lipinski definition) is 1. The molecule has 1 aromatic heterocycles. The van der Waals surface area contributed by atoms with Crippen LogP contribution in [0.15, 0.2) is 66.9 Å². The predicted octanol–water partition coefficient (Wildman–Crippen LogP) is 4.63. The molecule has 3 rings (SSSR count). The van der Waals surface area contributed by atoms with E-state index in [1.165, 1.54) is 0 Å². The van der Waals surface area contributed by atoms with Crippen LogP contribution in [0, 0.1) is 0 Å². The van der Waals surface area contributed by atoms with Gasteiger partial charge in [0.15, 0.2) is 5.78 Å². The van der Waals surface area contributed by atoms with Crippen molar-refractivity contribution in [3.05, 3.63) is 78.0 Å². The highest BCUT2D eigenvalue weighted by molar-refractivity contribution is 6.07. The number of rotatable bonds is 10. The number of aliphatic hydroxyl groups excluding tert-OH is 1. The number of nitrogens with zero attached hydrogens (tertiary/aromatic N) is 2. The monoisotopic (exact) mass is 390 g/mol. The first-order valence-electron chi connectivity index (χ1n) is 10.3. The number of unbranched alkanes of at least 4 members (excludes halogenated alkanes) is 1. The fourth-order valence-corrected chi connectivity index (χ4v) is 3.59. The maximum atomic E-state index is 12.4. The van der Waals surface area contributed by atoms with Gasteiger partial charge in [0, 0.05) is 41.3 Å². The molecule has 0 aliphatic rings. The van der Waals surface area contributed by atoms with Crippen molar-refractivity contribution >= 4 is 22.8 Å². The molecule has 0 aliphatic carbocycles. The SMILES string of the molecule is CCCCN(C)CC(O)Cn1cc(/C=C/C(=O)c2ccccc2)c2ccccc21. The Morgan fingerprint density at radius 2 is 1.86 bits per heavy atom. The summed E-state index contributed by atoms with van der Waals surface area (Å²) >= 11 is 0. The minimum Gasteiger partial charge on any atom is -0.390 e. The lowest BCUT2D eigenvalue weighted by atomic mass is 10.1. The summed E-state index contributed by atoms with van der Waals surface area (Å²) in [4.78, 5) is 14.6. The number of carbonyl (C=O) groups excluding carboxylic acids is 1. The Bertz CT molecular complexity index is 959. The van der Waals surface area contributed by atoms with Gasteiger partial charge in [-0.15, -0.1) is 0 Å². The molecule has 0 spiro atoms. The van der Waals surface area contributed by atoms with E-state index < -0.39 is 6.10 Å². The standard InChI is InChI=1S/C25H30N2O2/c1-3-4-16-26(2)18-22(28)19-27-17-21(23-12-8-9-13-24(23)27)14-15-25(29)20-10-6-5-7-11-20/h5-15,17,22,28H,3-4,16,18-19H2,1-2H3/b15-14+. The smallest absolute Gasteiger partial charge is 0.185 e. The van der Waals surface area contributed by atoms with Gasteiger partial charge in [-0.05, 0) is 38.2 Å². The van der Waals surface area contributed by atoms with E-state index in [0.29, 0.717) is 18.7 Å². The average Bonchev–Trinajstić information content (AvgIpc) is 3.08. The molecule has 0 saturated heterocycles. The largest absolute Gasteiger partial charge is 0.390 e. The summed E-state index contributed by atoms with van der Waals surface area (Å²) in [7, 11) is 2.05. The zero-order valence-corrected chi connectivity index (χ0v) is 17.3. The van der Waals surface area contributed by atoms with Crippen LogP contribution in [-0.4, -0.2) is 46.6 Å². The topological polar surface area (TPSA) is 45.5 Å². The number of aliphatic hydroxyl groups is 1. The summed E-state index contributed by atoms with van der Waals surface area (Å²) in [5.74, 6) is -0.0139. The van der Waals surface area contributed by atoms with Crippen LogP contribution in [0.2, 0.25) is 0 Å². The van der Waals surface area contributed by atoms with E-state index in [4.69, 9.17) is 0 Å². The van der Waals surface area contributed by atoms with Crippen LogP contribution >= 0.6 is 0 Å². The minimum atomic E-state index is -0.449. The van der Waals surface area contributed by atoms with Crippen LogP contribution in [0.4, 0.5) is 0 Å². The molecule has 0 amide bonds. The van der Waals surface area contributed by atoms with Gasteiger partial charge in [-0.25, -0.2) is 0 Å². The van der Waals surface area contributed by atoms with Crippen molar-refractivity contribution in [2.24, 2.45) is 0 Å².